The summed E-state index contributed by atoms with van der Waals surface area (Å²) >= 11 is 0. The van der Waals surface area contributed by atoms with E-state index >= 15 is 0 Å². The fourth-order valence-electron chi connectivity index (χ4n) is 1.76. The molecule has 1 unspecified atom stereocenters. The first kappa shape index (κ1) is 11.1. The number of rotatable bonds is 2. The Bertz CT molecular complexity index is 375. The molecule has 1 atom stereocenters. The minimum absolute atomic E-state index is 0.000793. The number of ether oxygens (including phenoxy) is 1. The van der Waals surface area contributed by atoms with E-state index < -0.39 is 5.82 Å². The van der Waals surface area contributed by atoms with Crippen LogP contribution in [0.1, 0.15) is 23.2 Å². The van der Waals surface area contributed by atoms with Crippen molar-refractivity contribution in [2.24, 2.45) is 0 Å². The second-order valence-corrected chi connectivity index (χ2v) is 3.87. The lowest BCUT2D eigenvalue weighted by atomic mass is 10.1. The molecule has 16 heavy (non-hydrogen) atoms. The Balaban J connectivity index is 2.00. The molecule has 0 saturated carbocycles. The summed E-state index contributed by atoms with van der Waals surface area (Å²) in [6.07, 6.45) is 1.82. The zero-order valence-corrected chi connectivity index (χ0v) is 8.91. The van der Waals surface area contributed by atoms with E-state index in [1.807, 2.05) is 0 Å². The van der Waals surface area contributed by atoms with Crippen molar-refractivity contribution >= 4 is 5.91 Å². The molecule has 4 heteroatoms. The van der Waals surface area contributed by atoms with Crippen molar-refractivity contribution < 1.29 is 13.9 Å². The molecule has 0 spiro atoms. The molecular weight excluding hydrogens is 209 g/mol. The molecule has 0 aliphatic carbocycles. The molecule has 0 bridgehead atoms. The molecule has 3 nitrogen and oxygen atoms in total. The standard InChI is InChI=1S/C12H14FNO2/c13-11-6-2-1-5-10(11)12(15)14-9-4-3-7-16-8-9/h1-2,5-6,9H,3-4,7-8H2,(H,14,15). The van der Waals surface area contributed by atoms with Gasteiger partial charge in [0.05, 0.1) is 18.2 Å². The maximum Gasteiger partial charge on any atom is 0.254 e. The Kier molecular flexibility index (Phi) is 3.51. The number of halogens is 1. The highest BCUT2D eigenvalue weighted by molar-refractivity contribution is 5.94. The monoisotopic (exact) mass is 223 g/mol. The first-order chi connectivity index (χ1) is 7.77. The summed E-state index contributed by atoms with van der Waals surface area (Å²) in [6, 6.07) is 5.98. The second kappa shape index (κ2) is 5.07. The third-order valence-electron chi connectivity index (χ3n) is 2.61. The van der Waals surface area contributed by atoms with Gasteiger partial charge in [0.2, 0.25) is 0 Å². The van der Waals surface area contributed by atoms with Gasteiger partial charge in [-0.2, -0.15) is 0 Å². The van der Waals surface area contributed by atoms with E-state index in [0.29, 0.717) is 6.61 Å². The van der Waals surface area contributed by atoms with Crippen molar-refractivity contribution in [1.29, 1.82) is 0 Å². The molecule has 1 fully saturated rings. The van der Waals surface area contributed by atoms with Crippen molar-refractivity contribution in [1.82, 2.24) is 5.32 Å². The van der Waals surface area contributed by atoms with Crippen LogP contribution in [0.5, 0.6) is 0 Å². The molecule has 2 rings (SSSR count). The fourth-order valence-corrected chi connectivity index (χ4v) is 1.76. The molecule has 1 amide bonds. The Morgan fingerprint density at radius 3 is 2.94 bits per heavy atom. The molecule has 1 aromatic carbocycles. The third kappa shape index (κ3) is 2.58. The maximum absolute atomic E-state index is 13.3. The molecule has 1 aliphatic rings. The summed E-state index contributed by atoms with van der Waals surface area (Å²) < 4.78 is 18.5. The Morgan fingerprint density at radius 2 is 2.25 bits per heavy atom. The minimum atomic E-state index is -0.489. The van der Waals surface area contributed by atoms with E-state index in [1.54, 1.807) is 12.1 Å². The van der Waals surface area contributed by atoms with E-state index in [-0.39, 0.29) is 17.5 Å². The van der Waals surface area contributed by atoms with E-state index in [9.17, 15) is 9.18 Å². The number of amides is 1. The smallest absolute Gasteiger partial charge is 0.254 e. The van der Waals surface area contributed by atoms with Gasteiger partial charge in [-0.25, -0.2) is 4.39 Å². The number of hydrogen-bond donors (Lipinski definition) is 1. The summed E-state index contributed by atoms with van der Waals surface area (Å²) in [7, 11) is 0. The van der Waals surface area contributed by atoms with Gasteiger partial charge in [0.25, 0.3) is 5.91 Å². The van der Waals surface area contributed by atoms with E-state index in [4.69, 9.17) is 4.74 Å². The van der Waals surface area contributed by atoms with Crippen LogP contribution < -0.4 is 5.32 Å². The van der Waals surface area contributed by atoms with Crippen LogP contribution in [0, 0.1) is 5.82 Å². The average molecular weight is 223 g/mol. The van der Waals surface area contributed by atoms with Gasteiger partial charge >= 0.3 is 0 Å². The van der Waals surface area contributed by atoms with Gasteiger partial charge < -0.3 is 10.1 Å². The lowest BCUT2D eigenvalue weighted by Crippen LogP contribution is -2.40. The summed E-state index contributed by atoms with van der Waals surface area (Å²) in [5.41, 5.74) is 0.0908. The van der Waals surface area contributed by atoms with Crippen LogP contribution in [0.4, 0.5) is 4.39 Å². The van der Waals surface area contributed by atoms with Gasteiger partial charge in [0.15, 0.2) is 0 Å². The maximum atomic E-state index is 13.3. The number of hydrogen-bond acceptors (Lipinski definition) is 2. The molecule has 1 aromatic rings. The highest BCUT2D eigenvalue weighted by Crippen LogP contribution is 2.09. The summed E-state index contributed by atoms with van der Waals surface area (Å²) in [5, 5.41) is 2.77. The minimum Gasteiger partial charge on any atom is -0.379 e. The molecule has 1 aliphatic heterocycles. The molecular formula is C12H14FNO2. The molecule has 86 valence electrons. The zero-order valence-electron chi connectivity index (χ0n) is 8.91. The normalized spacial score (nSPS) is 20.4. The van der Waals surface area contributed by atoms with Crippen molar-refractivity contribution in [3.8, 4) is 0 Å². The predicted molar refractivity (Wildman–Crippen MR) is 57.7 cm³/mol. The van der Waals surface area contributed by atoms with Gasteiger partial charge in [-0.1, -0.05) is 12.1 Å². The van der Waals surface area contributed by atoms with Gasteiger partial charge in [-0.15, -0.1) is 0 Å². The van der Waals surface area contributed by atoms with Crippen molar-refractivity contribution in [2.75, 3.05) is 13.2 Å². The molecule has 1 N–H and O–H groups in total. The summed E-state index contributed by atoms with van der Waals surface area (Å²) in [4.78, 5) is 11.7. The number of carbonyl (C=O) groups excluding carboxylic acids is 1. The molecule has 0 aromatic heterocycles. The lowest BCUT2D eigenvalue weighted by Gasteiger charge is -2.23. The van der Waals surface area contributed by atoms with Crippen LogP contribution in [-0.2, 0) is 4.74 Å². The van der Waals surface area contributed by atoms with E-state index in [2.05, 4.69) is 5.32 Å². The predicted octanol–water partition coefficient (Wildman–Crippen LogP) is 1.73. The van der Waals surface area contributed by atoms with Crippen LogP contribution in [0.15, 0.2) is 24.3 Å². The second-order valence-electron chi connectivity index (χ2n) is 3.87. The Morgan fingerprint density at radius 1 is 1.44 bits per heavy atom. The Labute approximate surface area is 93.6 Å². The number of benzene rings is 1. The SMILES string of the molecule is O=C(NC1CCCOC1)c1ccccc1F. The number of carbonyl (C=O) groups is 1. The fraction of sp³-hybridized carbons (Fsp3) is 0.417. The highest BCUT2D eigenvalue weighted by Gasteiger charge is 2.18. The summed E-state index contributed by atoms with van der Waals surface area (Å²) in [6.45, 7) is 1.26. The van der Waals surface area contributed by atoms with Crippen LogP contribution in [0.2, 0.25) is 0 Å². The molecule has 1 saturated heterocycles. The lowest BCUT2D eigenvalue weighted by molar-refractivity contribution is 0.0622. The zero-order chi connectivity index (χ0) is 11.4. The van der Waals surface area contributed by atoms with Gasteiger partial charge in [-0.3, -0.25) is 4.79 Å². The topological polar surface area (TPSA) is 38.3 Å². The van der Waals surface area contributed by atoms with Gasteiger partial charge in [0.1, 0.15) is 5.82 Å². The summed E-state index contributed by atoms with van der Waals surface area (Å²) in [5.74, 6) is -0.856. The van der Waals surface area contributed by atoms with Crippen LogP contribution in [0.25, 0.3) is 0 Å². The highest BCUT2D eigenvalue weighted by atomic mass is 19.1. The third-order valence-corrected chi connectivity index (χ3v) is 2.61. The first-order valence-corrected chi connectivity index (χ1v) is 5.40. The van der Waals surface area contributed by atoms with Crippen LogP contribution in [0.3, 0.4) is 0 Å². The average Bonchev–Trinajstić information content (AvgIpc) is 2.31. The molecule has 1 heterocycles. The van der Waals surface area contributed by atoms with E-state index in [0.717, 1.165) is 19.4 Å². The number of nitrogens with one attached hydrogen (secondary N) is 1. The van der Waals surface area contributed by atoms with Crippen LogP contribution in [-0.4, -0.2) is 25.2 Å². The van der Waals surface area contributed by atoms with Crippen molar-refractivity contribution in [3.63, 3.8) is 0 Å². The van der Waals surface area contributed by atoms with Crippen LogP contribution >= 0.6 is 0 Å². The van der Waals surface area contributed by atoms with Gasteiger partial charge in [0, 0.05) is 6.61 Å². The van der Waals surface area contributed by atoms with Crippen molar-refractivity contribution in [2.45, 2.75) is 18.9 Å². The Hall–Kier alpha value is -1.42. The van der Waals surface area contributed by atoms with Crippen molar-refractivity contribution in [3.05, 3.63) is 35.6 Å². The first-order valence-electron chi connectivity index (χ1n) is 5.40. The van der Waals surface area contributed by atoms with E-state index in [1.165, 1.54) is 12.1 Å². The quantitative estimate of drug-likeness (QED) is 0.829. The largest absolute Gasteiger partial charge is 0.379 e. The van der Waals surface area contributed by atoms with Gasteiger partial charge in [-0.05, 0) is 25.0 Å². The molecule has 0 radical (unpaired) electrons.